The summed E-state index contributed by atoms with van der Waals surface area (Å²) < 4.78 is 15.8. The van der Waals surface area contributed by atoms with Crippen LogP contribution in [-0.2, 0) is 4.79 Å². The number of carbonyl (C=O) groups is 2. The number of halogens is 1. The zero-order chi connectivity index (χ0) is 22.1. The number of hydrogen-bond donors (Lipinski definition) is 1. The van der Waals surface area contributed by atoms with Crippen LogP contribution < -0.4 is 19.6 Å². The number of nitrogens with one attached hydrogen (secondary N) is 1. The summed E-state index contributed by atoms with van der Waals surface area (Å²) in [7, 11) is 1.55. The minimum absolute atomic E-state index is 0.211. The van der Waals surface area contributed by atoms with E-state index in [9.17, 15) is 9.59 Å². The van der Waals surface area contributed by atoms with Gasteiger partial charge in [0.25, 0.3) is 5.91 Å². The van der Waals surface area contributed by atoms with Crippen molar-refractivity contribution < 1.29 is 23.8 Å². The van der Waals surface area contributed by atoms with E-state index in [1.54, 1.807) is 79.9 Å². The van der Waals surface area contributed by atoms with Gasteiger partial charge >= 0.3 is 5.97 Å². The lowest BCUT2D eigenvalue weighted by atomic mass is 10.2. The first-order valence-corrected chi connectivity index (χ1v) is 9.58. The highest BCUT2D eigenvalue weighted by atomic mass is 35.5. The Morgan fingerprint density at radius 3 is 2.45 bits per heavy atom. The van der Waals surface area contributed by atoms with Crippen molar-refractivity contribution in [1.82, 2.24) is 5.43 Å². The number of hydrazone groups is 1. The highest BCUT2D eigenvalue weighted by Crippen LogP contribution is 2.17. The second kappa shape index (κ2) is 10.8. The fourth-order valence-electron chi connectivity index (χ4n) is 2.47. The summed E-state index contributed by atoms with van der Waals surface area (Å²) >= 11 is 5.86. The topological polar surface area (TPSA) is 86.2 Å². The molecule has 0 bridgehead atoms. The van der Waals surface area contributed by atoms with Gasteiger partial charge in [0.2, 0.25) is 0 Å². The quantitative estimate of drug-likeness (QED) is 0.248. The molecule has 0 aliphatic rings. The molecule has 0 fully saturated rings. The molecule has 0 atom stereocenters. The number of carbonyl (C=O) groups excluding carboxylic acids is 2. The number of amides is 1. The molecule has 0 aliphatic carbocycles. The number of nitrogens with zero attached hydrogens (tertiary/aromatic N) is 1. The number of hydrogen-bond acceptors (Lipinski definition) is 6. The smallest absolute Gasteiger partial charge is 0.343 e. The zero-order valence-electron chi connectivity index (χ0n) is 16.6. The van der Waals surface area contributed by atoms with E-state index in [0.717, 1.165) is 0 Å². The van der Waals surface area contributed by atoms with Gasteiger partial charge in [-0.2, -0.15) is 5.10 Å². The molecule has 3 aromatic rings. The average molecular weight is 439 g/mol. The molecule has 0 aromatic heterocycles. The molecule has 3 aromatic carbocycles. The van der Waals surface area contributed by atoms with Gasteiger partial charge in [-0.05, 0) is 60.2 Å². The van der Waals surface area contributed by atoms with Crippen LogP contribution >= 0.6 is 11.6 Å². The number of ether oxygens (including phenoxy) is 3. The van der Waals surface area contributed by atoms with E-state index in [-0.39, 0.29) is 6.61 Å². The molecule has 8 heteroatoms. The minimum Gasteiger partial charge on any atom is -0.497 e. The lowest BCUT2D eigenvalue weighted by molar-refractivity contribution is -0.123. The van der Waals surface area contributed by atoms with Gasteiger partial charge in [0, 0.05) is 5.02 Å². The monoisotopic (exact) mass is 438 g/mol. The standard InChI is InChI=1S/C23H19ClN2O5/c1-29-19-10-8-17(9-11-19)23(28)31-21-7-2-4-16(12-21)14-25-26-22(27)15-30-20-6-3-5-18(24)13-20/h2-14H,15H2,1H3,(H,26,27)/b25-14+. The van der Waals surface area contributed by atoms with Crippen molar-refractivity contribution in [2.45, 2.75) is 0 Å². The van der Waals surface area contributed by atoms with Crippen LogP contribution in [0.2, 0.25) is 5.02 Å². The maximum absolute atomic E-state index is 12.3. The predicted molar refractivity (Wildman–Crippen MR) is 117 cm³/mol. The largest absolute Gasteiger partial charge is 0.497 e. The molecule has 3 rings (SSSR count). The van der Waals surface area contributed by atoms with Crippen molar-refractivity contribution in [2.24, 2.45) is 5.10 Å². The lowest BCUT2D eigenvalue weighted by Gasteiger charge is -2.06. The SMILES string of the molecule is COc1ccc(C(=O)Oc2cccc(/C=N/NC(=O)COc3cccc(Cl)c3)c2)cc1. The van der Waals surface area contributed by atoms with Crippen molar-refractivity contribution in [3.63, 3.8) is 0 Å². The minimum atomic E-state index is -0.497. The summed E-state index contributed by atoms with van der Waals surface area (Å²) in [5.74, 6) is 0.551. The molecule has 1 N–H and O–H groups in total. The van der Waals surface area contributed by atoms with E-state index >= 15 is 0 Å². The molecule has 0 saturated heterocycles. The van der Waals surface area contributed by atoms with Crippen LogP contribution in [0.4, 0.5) is 0 Å². The van der Waals surface area contributed by atoms with E-state index in [4.69, 9.17) is 25.8 Å². The molecule has 158 valence electrons. The number of rotatable bonds is 8. The predicted octanol–water partition coefficient (Wildman–Crippen LogP) is 4.10. The van der Waals surface area contributed by atoms with Gasteiger partial charge in [0.05, 0.1) is 18.9 Å². The van der Waals surface area contributed by atoms with Crippen molar-refractivity contribution in [3.05, 3.63) is 88.9 Å². The van der Waals surface area contributed by atoms with Crippen molar-refractivity contribution in [2.75, 3.05) is 13.7 Å². The van der Waals surface area contributed by atoms with E-state index in [1.165, 1.54) is 6.21 Å². The first kappa shape index (κ1) is 21.9. The fraction of sp³-hybridized carbons (Fsp3) is 0.0870. The summed E-state index contributed by atoms with van der Waals surface area (Å²) in [5, 5.41) is 4.40. The molecule has 0 radical (unpaired) electrons. The zero-order valence-corrected chi connectivity index (χ0v) is 17.3. The Kier molecular flexibility index (Phi) is 7.61. The molecular weight excluding hydrogens is 420 g/mol. The van der Waals surface area contributed by atoms with Crippen molar-refractivity contribution >= 4 is 29.7 Å². The Hall–Kier alpha value is -3.84. The van der Waals surface area contributed by atoms with Gasteiger partial charge in [-0.3, -0.25) is 4.79 Å². The summed E-state index contributed by atoms with van der Waals surface area (Å²) in [5.41, 5.74) is 3.40. The third kappa shape index (κ3) is 6.87. The van der Waals surface area contributed by atoms with Gasteiger partial charge in [-0.15, -0.1) is 0 Å². The van der Waals surface area contributed by atoms with Gasteiger partial charge in [0.1, 0.15) is 17.2 Å². The van der Waals surface area contributed by atoms with E-state index in [1.807, 2.05) is 0 Å². The van der Waals surface area contributed by atoms with Crippen LogP contribution in [0.1, 0.15) is 15.9 Å². The highest BCUT2D eigenvalue weighted by molar-refractivity contribution is 6.30. The third-order valence-electron chi connectivity index (χ3n) is 3.96. The Morgan fingerprint density at radius 1 is 0.968 bits per heavy atom. The maximum Gasteiger partial charge on any atom is 0.343 e. The lowest BCUT2D eigenvalue weighted by Crippen LogP contribution is -2.24. The normalized spacial score (nSPS) is 10.5. The first-order chi connectivity index (χ1) is 15.0. The Bertz CT molecular complexity index is 1080. The summed E-state index contributed by atoms with van der Waals surface area (Å²) in [6.45, 7) is -0.211. The van der Waals surface area contributed by atoms with Crippen LogP contribution in [0.3, 0.4) is 0 Å². The van der Waals surface area contributed by atoms with E-state index in [0.29, 0.717) is 33.4 Å². The molecule has 0 aliphatic heterocycles. The summed E-state index contributed by atoms with van der Waals surface area (Å²) in [6, 6.07) is 20.1. The van der Waals surface area contributed by atoms with Gasteiger partial charge < -0.3 is 14.2 Å². The maximum atomic E-state index is 12.3. The number of esters is 1. The van der Waals surface area contributed by atoms with E-state index < -0.39 is 11.9 Å². The van der Waals surface area contributed by atoms with Crippen LogP contribution in [0.25, 0.3) is 0 Å². The molecule has 0 heterocycles. The van der Waals surface area contributed by atoms with Crippen LogP contribution in [0, 0.1) is 0 Å². The Balaban J connectivity index is 1.51. The summed E-state index contributed by atoms with van der Waals surface area (Å²) in [4.78, 5) is 24.1. The highest BCUT2D eigenvalue weighted by Gasteiger charge is 2.09. The molecule has 31 heavy (non-hydrogen) atoms. The van der Waals surface area contributed by atoms with Gasteiger partial charge in [0.15, 0.2) is 6.61 Å². The Labute approximate surface area is 184 Å². The molecule has 7 nitrogen and oxygen atoms in total. The first-order valence-electron chi connectivity index (χ1n) is 9.20. The van der Waals surface area contributed by atoms with Gasteiger partial charge in [-0.1, -0.05) is 29.8 Å². The molecule has 0 saturated carbocycles. The number of methoxy groups -OCH3 is 1. The summed E-state index contributed by atoms with van der Waals surface area (Å²) in [6.07, 6.45) is 1.43. The average Bonchev–Trinajstić information content (AvgIpc) is 2.78. The van der Waals surface area contributed by atoms with E-state index in [2.05, 4.69) is 10.5 Å². The second-order valence-corrected chi connectivity index (χ2v) is 6.67. The molecule has 0 unspecified atom stereocenters. The molecular formula is C23H19ClN2O5. The second-order valence-electron chi connectivity index (χ2n) is 6.23. The number of benzene rings is 3. The Morgan fingerprint density at radius 2 is 1.71 bits per heavy atom. The van der Waals surface area contributed by atoms with Crippen molar-refractivity contribution in [3.8, 4) is 17.2 Å². The van der Waals surface area contributed by atoms with Crippen LogP contribution in [0.5, 0.6) is 17.2 Å². The molecule has 0 spiro atoms. The third-order valence-corrected chi connectivity index (χ3v) is 4.20. The van der Waals surface area contributed by atoms with Crippen molar-refractivity contribution in [1.29, 1.82) is 0 Å². The van der Waals surface area contributed by atoms with Gasteiger partial charge in [-0.25, -0.2) is 10.2 Å². The van der Waals surface area contributed by atoms with Crippen LogP contribution in [0.15, 0.2) is 77.9 Å². The molecule has 1 amide bonds. The van der Waals surface area contributed by atoms with Crippen LogP contribution in [-0.4, -0.2) is 31.8 Å². The fourth-order valence-corrected chi connectivity index (χ4v) is 2.65.